The third-order valence-electron chi connectivity index (χ3n) is 22.1. The monoisotopic (exact) mass is 1460 g/mol. The Hall–Kier alpha value is -0.440. The van der Waals surface area contributed by atoms with E-state index >= 15 is 0 Å². The van der Waals surface area contributed by atoms with Gasteiger partial charge in [-0.1, -0.05) is 452 Å². The average molecular weight is 1460 g/mol. The summed E-state index contributed by atoms with van der Waals surface area (Å²) in [5, 5.41) is 2.89. The largest absolute Gasteiger partial charge is 0.486 e. The smallest absolute Gasteiger partial charge is 0.160 e. The van der Waals surface area contributed by atoms with Crippen molar-refractivity contribution in [1.29, 1.82) is 0 Å². The lowest BCUT2D eigenvalue weighted by Gasteiger charge is -2.50. The molecule has 99 heavy (non-hydrogen) atoms. The first-order valence-electron chi connectivity index (χ1n) is 45.4. The maximum absolute atomic E-state index is 7.88. The summed E-state index contributed by atoms with van der Waals surface area (Å²) in [4.78, 5) is 0. The first kappa shape index (κ1) is 98.6. The highest BCUT2D eigenvalue weighted by molar-refractivity contribution is 7.80. The van der Waals surface area contributed by atoms with Crippen LogP contribution in [0.15, 0.2) is 0 Å². The van der Waals surface area contributed by atoms with Gasteiger partial charge in [0.1, 0.15) is 30.8 Å². The van der Waals surface area contributed by atoms with Gasteiger partial charge in [-0.3, -0.25) is 0 Å². The van der Waals surface area contributed by atoms with E-state index in [2.05, 4.69) is 41.5 Å². The maximum atomic E-state index is 7.88. The van der Waals surface area contributed by atoms with Crippen molar-refractivity contribution in [3.63, 3.8) is 0 Å². The van der Waals surface area contributed by atoms with E-state index in [0.717, 1.165) is 82.1 Å². The number of hydrogen-bond donors (Lipinski definition) is 0. The molecule has 0 heterocycles. The van der Waals surface area contributed by atoms with Crippen LogP contribution < -0.4 is 0 Å². The van der Waals surface area contributed by atoms with Crippen LogP contribution in [0.3, 0.4) is 0 Å². The molecule has 0 aromatic rings. The van der Waals surface area contributed by atoms with Gasteiger partial charge in [0.15, 0.2) is 20.2 Å². The van der Waals surface area contributed by atoms with Crippen LogP contribution in [0.4, 0.5) is 0 Å². The molecule has 0 rings (SSSR count). The second kappa shape index (κ2) is 80.1. The molecule has 0 aromatic heterocycles. The zero-order valence-electron chi connectivity index (χ0n) is 68.1. The zero-order valence-corrected chi connectivity index (χ0v) is 71.4. The normalized spacial score (nSPS) is 11.9. The number of hydrogen-bond acceptors (Lipinski definition) is 8. The van der Waals surface area contributed by atoms with Gasteiger partial charge in [-0.05, 0) is 100 Å². The predicted molar refractivity (Wildman–Crippen MR) is 459 cm³/mol. The molecule has 588 valence electrons. The average Bonchev–Trinajstić information content (AvgIpc) is 0.764. The minimum absolute atomic E-state index is 0.351. The quantitative estimate of drug-likeness (QED) is 0.0441. The van der Waals surface area contributed by atoms with Gasteiger partial charge < -0.3 is 18.9 Å². The van der Waals surface area contributed by atoms with Crippen LogP contribution >= 0.6 is 48.9 Å². The zero-order chi connectivity index (χ0) is 72.0. The lowest BCUT2D eigenvalue weighted by molar-refractivity contribution is -0.146. The summed E-state index contributed by atoms with van der Waals surface area (Å²) in [6, 6.07) is 0. The standard InChI is InChI=1S/C91H176O4S4/c1-7-13-19-25-31-37-43-47-53-59-65-71-77-86(96)92-83-90(84-93-87(97)78-72-66-60-54-48-44-38-32-26-20-14-8-2,85-94-88(98)79-73-67-61-55-49-45-39-33-27-21-15-9-3)91(81-75-69-63-57-51-41-35-29-23-17-11-5,82-76-70-64-58-52-42-36-30-24-18-12-6)95-89(99)80-74-68-62-56-50-46-40-34-28-22-16-10-4/h7-85H2,1-6H3. The molecule has 0 radical (unpaired) electrons. The maximum Gasteiger partial charge on any atom is 0.160 e. The molecule has 0 fully saturated rings. The molecule has 0 amide bonds. The molecular weight excluding hydrogens is 1290 g/mol. The summed E-state index contributed by atoms with van der Waals surface area (Å²) in [7, 11) is 0. The number of thiocarbonyl (C=S) groups is 4. The molecular formula is C91H176O4S4. The molecule has 0 aliphatic rings. The highest BCUT2D eigenvalue weighted by Crippen LogP contribution is 2.46. The molecule has 0 N–H and O–H groups in total. The van der Waals surface area contributed by atoms with Crippen LogP contribution in [-0.2, 0) is 18.9 Å². The Morgan fingerprint density at radius 2 is 0.323 bits per heavy atom. The highest BCUT2D eigenvalue weighted by atomic mass is 32.1. The van der Waals surface area contributed by atoms with E-state index in [0.29, 0.717) is 35.0 Å². The van der Waals surface area contributed by atoms with Gasteiger partial charge in [0.2, 0.25) is 0 Å². The molecule has 0 aliphatic heterocycles. The van der Waals surface area contributed by atoms with Crippen molar-refractivity contribution in [1.82, 2.24) is 0 Å². The van der Waals surface area contributed by atoms with Gasteiger partial charge in [0.25, 0.3) is 0 Å². The van der Waals surface area contributed by atoms with Crippen molar-refractivity contribution in [3.8, 4) is 0 Å². The van der Waals surface area contributed by atoms with Crippen LogP contribution in [0.5, 0.6) is 0 Å². The van der Waals surface area contributed by atoms with Crippen molar-refractivity contribution in [2.45, 2.75) is 535 Å². The lowest BCUT2D eigenvalue weighted by Crippen LogP contribution is -2.59. The van der Waals surface area contributed by atoms with Crippen LogP contribution in [0, 0.1) is 5.41 Å². The van der Waals surface area contributed by atoms with Gasteiger partial charge in [-0.25, -0.2) is 0 Å². The lowest BCUT2D eigenvalue weighted by atomic mass is 9.67. The highest BCUT2D eigenvalue weighted by Gasteiger charge is 2.56. The van der Waals surface area contributed by atoms with Gasteiger partial charge in [-0.2, -0.15) is 0 Å². The molecule has 0 bridgehead atoms. The minimum Gasteiger partial charge on any atom is -0.486 e. The summed E-state index contributed by atoms with van der Waals surface area (Å²) in [6.45, 7) is 15.0. The predicted octanol–water partition coefficient (Wildman–Crippen LogP) is 33.9. The van der Waals surface area contributed by atoms with Crippen molar-refractivity contribution >= 4 is 69.1 Å². The van der Waals surface area contributed by atoms with Gasteiger partial charge in [0, 0.05) is 25.7 Å². The Morgan fingerprint density at radius 1 is 0.182 bits per heavy atom. The van der Waals surface area contributed by atoms with E-state index in [1.807, 2.05) is 0 Å². The van der Waals surface area contributed by atoms with E-state index < -0.39 is 11.0 Å². The van der Waals surface area contributed by atoms with Crippen LogP contribution in [0.1, 0.15) is 530 Å². The molecule has 0 saturated carbocycles. The number of unbranched alkanes of at least 4 members (excludes halogenated alkanes) is 64. The SMILES string of the molecule is CCCCCCCCCCCCCCC(=S)OCC(COC(=S)CCCCCCCCCCCCCC)(COC(=S)CCCCCCCCCCCCCC)C(CCCCCCCCCCCCC)(CCCCCCCCCCCCC)OC(=S)CCCCCCCCCCCCCC. The van der Waals surface area contributed by atoms with Crippen molar-refractivity contribution in [2.75, 3.05) is 19.8 Å². The molecule has 0 saturated heterocycles. The fourth-order valence-corrected chi connectivity index (χ4v) is 16.0. The topological polar surface area (TPSA) is 36.9 Å². The Kier molecular flexibility index (Phi) is 79.8. The fourth-order valence-electron chi connectivity index (χ4n) is 15.1. The van der Waals surface area contributed by atoms with Crippen molar-refractivity contribution in [3.05, 3.63) is 0 Å². The number of ether oxygens (including phenoxy) is 4. The molecule has 0 aliphatic carbocycles. The van der Waals surface area contributed by atoms with E-state index in [1.165, 1.54) is 411 Å². The Labute approximate surface area is 643 Å². The summed E-state index contributed by atoms with van der Waals surface area (Å²) < 4.78 is 29.4. The summed E-state index contributed by atoms with van der Waals surface area (Å²) in [5.74, 6) is 0. The third-order valence-corrected chi connectivity index (χ3v) is 23.4. The number of rotatable bonds is 84. The first-order valence-corrected chi connectivity index (χ1v) is 47.0. The van der Waals surface area contributed by atoms with E-state index in [1.54, 1.807) is 0 Å². The summed E-state index contributed by atoms with van der Waals surface area (Å²) in [5.41, 5.74) is -1.49. The van der Waals surface area contributed by atoms with E-state index in [-0.39, 0.29) is 0 Å². The van der Waals surface area contributed by atoms with Gasteiger partial charge >= 0.3 is 0 Å². The Bertz CT molecular complexity index is 1540. The summed E-state index contributed by atoms with van der Waals surface area (Å²) in [6.07, 6.45) is 96.9. The molecule has 0 aromatic carbocycles. The Morgan fingerprint density at radius 3 is 0.495 bits per heavy atom. The fraction of sp³-hybridized carbons (Fsp3) is 0.956. The first-order chi connectivity index (χ1) is 48.7. The van der Waals surface area contributed by atoms with Gasteiger partial charge in [0.05, 0.1) is 0 Å². The molecule has 8 heteroatoms. The van der Waals surface area contributed by atoms with Crippen molar-refractivity contribution < 1.29 is 18.9 Å². The second-order valence-corrected chi connectivity index (χ2v) is 33.7. The van der Waals surface area contributed by atoms with Gasteiger partial charge in [-0.15, -0.1) is 0 Å². The van der Waals surface area contributed by atoms with Crippen LogP contribution in [0.25, 0.3) is 0 Å². The van der Waals surface area contributed by atoms with Crippen LogP contribution in [-0.4, -0.2) is 45.6 Å². The van der Waals surface area contributed by atoms with E-state index in [9.17, 15) is 0 Å². The second-order valence-electron chi connectivity index (χ2n) is 31.9. The van der Waals surface area contributed by atoms with Crippen molar-refractivity contribution in [2.24, 2.45) is 5.41 Å². The summed E-state index contributed by atoms with van der Waals surface area (Å²) >= 11 is 25.7. The molecule has 0 spiro atoms. The van der Waals surface area contributed by atoms with Crippen LogP contribution in [0.2, 0.25) is 0 Å². The third kappa shape index (κ3) is 66.7. The molecule has 0 atom stereocenters. The minimum atomic E-state index is -0.771. The Balaban J connectivity index is 7.30. The molecule has 4 nitrogen and oxygen atoms in total. The molecule has 0 unspecified atom stereocenters. The van der Waals surface area contributed by atoms with E-state index in [4.69, 9.17) is 67.8 Å².